The van der Waals surface area contributed by atoms with Crippen LogP contribution in [0, 0.1) is 0 Å². The van der Waals surface area contributed by atoms with Crippen molar-refractivity contribution in [1.29, 1.82) is 0 Å². The summed E-state index contributed by atoms with van der Waals surface area (Å²) in [5.74, 6) is 0. The zero-order valence-corrected chi connectivity index (χ0v) is 10.2. The Bertz CT molecular complexity index is 447. The minimum absolute atomic E-state index is 0.568. The smallest absolute Gasteiger partial charge is 0.147 e. The van der Waals surface area contributed by atoms with E-state index in [1.54, 1.807) is 48.6 Å². The Kier molecular flexibility index (Phi) is 5.67. The van der Waals surface area contributed by atoms with Gasteiger partial charge in [0.2, 0.25) is 0 Å². The first kappa shape index (κ1) is 12.8. The van der Waals surface area contributed by atoms with Crippen LogP contribution in [0.4, 0.5) is 0 Å². The Morgan fingerprint density at radius 3 is 2.31 bits per heavy atom. The van der Waals surface area contributed by atoms with Crippen LogP contribution >= 0.6 is 0 Å². The quantitative estimate of drug-likeness (QED) is 0.596. The van der Waals surface area contributed by atoms with Crippen LogP contribution in [0.2, 0.25) is 0 Å². The number of benzene rings is 1. The minimum Gasteiger partial charge on any atom is -0.240 e. The van der Waals surface area contributed by atoms with Crippen LogP contribution in [-0.2, 0) is 19.7 Å². The highest BCUT2D eigenvalue weighted by atomic mass is 33.1. The molecule has 0 aliphatic carbocycles. The molecule has 0 saturated heterocycles. The van der Waals surface area contributed by atoms with Gasteiger partial charge in [-0.05, 0) is 12.1 Å². The Labute approximate surface area is 99.7 Å². The molecule has 2 atom stereocenters. The molecule has 0 bridgehead atoms. The molecule has 0 amide bonds. The van der Waals surface area contributed by atoms with Gasteiger partial charge in [-0.3, -0.25) is 0 Å². The fraction of sp³-hybridized carbons (Fsp3) is 0. The molecule has 0 heterocycles. The van der Waals surface area contributed by atoms with Crippen LogP contribution in [-0.4, -0.2) is 8.42 Å². The summed E-state index contributed by atoms with van der Waals surface area (Å²) < 4.78 is 23.3. The van der Waals surface area contributed by atoms with Crippen molar-refractivity contribution in [3.8, 4) is 0 Å². The molecule has 2 unspecified atom stereocenters. The van der Waals surface area contributed by atoms with E-state index in [1.165, 1.54) is 5.41 Å². The fourth-order valence-electron chi connectivity index (χ4n) is 0.929. The van der Waals surface area contributed by atoms with E-state index in [0.717, 1.165) is 0 Å². The van der Waals surface area contributed by atoms with Gasteiger partial charge in [0.1, 0.15) is 19.7 Å². The molecule has 84 valence electrons. The number of hydrogen-bond donors (Lipinski definition) is 0. The standard InChI is InChI=1S/C12H12O2S2/c1-2-3-4-8-11-15(13)16(14)12-9-6-5-7-10-12/h2-11H,1H2/b4-3-,11-8-. The Balaban J connectivity index is 2.69. The number of rotatable bonds is 5. The van der Waals surface area contributed by atoms with Crippen LogP contribution in [0.1, 0.15) is 0 Å². The highest BCUT2D eigenvalue weighted by Gasteiger charge is 2.07. The summed E-state index contributed by atoms with van der Waals surface area (Å²) >= 11 is 0. The van der Waals surface area contributed by atoms with E-state index < -0.39 is 19.7 Å². The van der Waals surface area contributed by atoms with Gasteiger partial charge in [0.25, 0.3) is 0 Å². The maximum absolute atomic E-state index is 11.7. The highest BCUT2D eigenvalue weighted by Crippen LogP contribution is 2.09. The van der Waals surface area contributed by atoms with Crippen molar-refractivity contribution >= 4 is 19.7 Å². The van der Waals surface area contributed by atoms with Gasteiger partial charge in [-0.15, -0.1) is 0 Å². The summed E-state index contributed by atoms with van der Waals surface area (Å²) in [4.78, 5) is 0.568. The van der Waals surface area contributed by atoms with Gasteiger partial charge >= 0.3 is 0 Å². The van der Waals surface area contributed by atoms with E-state index >= 15 is 0 Å². The summed E-state index contributed by atoms with van der Waals surface area (Å²) in [6.07, 6.45) is 6.60. The Morgan fingerprint density at radius 1 is 1.00 bits per heavy atom. The molecule has 0 aromatic heterocycles. The van der Waals surface area contributed by atoms with Gasteiger partial charge in [-0.2, -0.15) is 0 Å². The van der Waals surface area contributed by atoms with E-state index in [1.807, 2.05) is 6.07 Å². The average Bonchev–Trinajstić information content (AvgIpc) is 2.34. The molecule has 0 N–H and O–H groups in total. The molecule has 16 heavy (non-hydrogen) atoms. The van der Waals surface area contributed by atoms with Gasteiger partial charge < -0.3 is 0 Å². The Hall–Kier alpha value is -1.26. The minimum atomic E-state index is -1.51. The third-order valence-electron chi connectivity index (χ3n) is 1.63. The van der Waals surface area contributed by atoms with E-state index in [0.29, 0.717) is 4.90 Å². The third kappa shape index (κ3) is 4.08. The maximum atomic E-state index is 11.7. The van der Waals surface area contributed by atoms with Crippen molar-refractivity contribution in [2.24, 2.45) is 0 Å². The normalized spacial score (nSPS) is 15.2. The Morgan fingerprint density at radius 2 is 1.69 bits per heavy atom. The monoisotopic (exact) mass is 252 g/mol. The van der Waals surface area contributed by atoms with Gasteiger partial charge in [0.05, 0.1) is 4.90 Å². The first-order valence-electron chi connectivity index (χ1n) is 4.59. The van der Waals surface area contributed by atoms with Crippen LogP contribution in [0.15, 0.2) is 71.5 Å². The van der Waals surface area contributed by atoms with Gasteiger partial charge in [0.15, 0.2) is 0 Å². The topological polar surface area (TPSA) is 34.1 Å². The highest BCUT2D eigenvalue weighted by molar-refractivity contribution is 8.62. The molecule has 1 aromatic rings. The molecular formula is C12H12O2S2. The summed E-state index contributed by atoms with van der Waals surface area (Å²) in [7, 11) is -3.02. The molecule has 0 aliphatic heterocycles. The van der Waals surface area contributed by atoms with Crippen molar-refractivity contribution in [1.82, 2.24) is 0 Å². The second-order valence-electron chi connectivity index (χ2n) is 2.76. The SMILES string of the molecule is C=C/C=C\C=C/S(=O)S(=O)c1ccccc1. The molecule has 1 rings (SSSR count). The van der Waals surface area contributed by atoms with Crippen molar-refractivity contribution < 1.29 is 8.42 Å². The molecule has 0 spiro atoms. The fourth-order valence-corrected chi connectivity index (χ4v) is 3.22. The summed E-state index contributed by atoms with van der Waals surface area (Å²) in [5.41, 5.74) is 0. The number of hydrogen-bond acceptors (Lipinski definition) is 2. The first-order chi connectivity index (χ1) is 7.75. The lowest BCUT2D eigenvalue weighted by molar-refractivity contribution is 0.679. The van der Waals surface area contributed by atoms with Gasteiger partial charge in [-0.1, -0.05) is 49.1 Å². The van der Waals surface area contributed by atoms with Crippen molar-refractivity contribution in [2.45, 2.75) is 4.90 Å². The summed E-state index contributed by atoms with van der Waals surface area (Å²) in [5, 5.41) is 1.41. The van der Waals surface area contributed by atoms with Gasteiger partial charge in [-0.25, -0.2) is 8.42 Å². The van der Waals surface area contributed by atoms with Crippen molar-refractivity contribution in [3.05, 3.63) is 66.6 Å². The lowest BCUT2D eigenvalue weighted by Gasteiger charge is -1.96. The lowest BCUT2D eigenvalue weighted by atomic mass is 10.4. The predicted molar refractivity (Wildman–Crippen MR) is 69.5 cm³/mol. The van der Waals surface area contributed by atoms with E-state index in [4.69, 9.17) is 0 Å². The first-order valence-corrected chi connectivity index (χ1v) is 7.47. The molecule has 0 radical (unpaired) electrons. The summed E-state index contributed by atoms with van der Waals surface area (Å²) in [6.45, 7) is 3.50. The third-order valence-corrected chi connectivity index (χ3v) is 4.77. The molecular weight excluding hydrogens is 240 g/mol. The second kappa shape index (κ2) is 7.09. The van der Waals surface area contributed by atoms with Crippen LogP contribution in [0.25, 0.3) is 0 Å². The lowest BCUT2D eigenvalue weighted by Crippen LogP contribution is -1.96. The number of allylic oxidation sites excluding steroid dienone is 4. The van der Waals surface area contributed by atoms with E-state index in [-0.39, 0.29) is 0 Å². The van der Waals surface area contributed by atoms with Crippen LogP contribution < -0.4 is 0 Å². The van der Waals surface area contributed by atoms with Crippen molar-refractivity contribution in [2.75, 3.05) is 0 Å². The zero-order chi connectivity index (χ0) is 11.8. The van der Waals surface area contributed by atoms with E-state index in [9.17, 15) is 8.42 Å². The van der Waals surface area contributed by atoms with Crippen molar-refractivity contribution in [3.63, 3.8) is 0 Å². The molecule has 0 aliphatic rings. The largest absolute Gasteiger partial charge is 0.240 e. The molecule has 4 heteroatoms. The maximum Gasteiger partial charge on any atom is 0.147 e. The van der Waals surface area contributed by atoms with E-state index in [2.05, 4.69) is 6.58 Å². The van der Waals surface area contributed by atoms with Gasteiger partial charge in [0, 0.05) is 5.41 Å². The zero-order valence-electron chi connectivity index (χ0n) is 8.61. The molecule has 1 aromatic carbocycles. The summed E-state index contributed by atoms with van der Waals surface area (Å²) in [6, 6.07) is 8.76. The molecule has 0 fully saturated rings. The van der Waals surface area contributed by atoms with Crippen LogP contribution in [0.5, 0.6) is 0 Å². The molecule has 0 saturated carbocycles. The second-order valence-corrected chi connectivity index (χ2v) is 6.39. The predicted octanol–water partition coefficient (Wildman–Crippen LogP) is 2.71. The average molecular weight is 252 g/mol. The molecule has 2 nitrogen and oxygen atoms in total. The van der Waals surface area contributed by atoms with Crippen LogP contribution in [0.3, 0.4) is 0 Å².